The number of nitrogens with zero attached hydrogens (tertiary/aromatic N) is 2. The van der Waals surface area contributed by atoms with Crippen LogP contribution in [0.5, 0.6) is 5.88 Å². The highest BCUT2D eigenvalue weighted by molar-refractivity contribution is 5.92. The molecule has 1 heterocycles. The molecule has 20 heavy (non-hydrogen) atoms. The van der Waals surface area contributed by atoms with Gasteiger partial charge in [0.15, 0.2) is 6.61 Å². The minimum atomic E-state index is -0.798. The first kappa shape index (κ1) is 13.7. The molecule has 0 radical (unpaired) electrons. The highest BCUT2D eigenvalue weighted by atomic mass is 16.5. The van der Waals surface area contributed by atoms with Crippen LogP contribution in [0.15, 0.2) is 30.6 Å². The number of benzene rings is 1. The Labute approximate surface area is 114 Å². The minimum absolute atomic E-state index is 0.191. The summed E-state index contributed by atoms with van der Waals surface area (Å²) >= 11 is 0. The fourth-order valence-electron chi connectivity index (χ4n) is 1.55. The van der Waals surface area contributed by atoms with Crippen molar-refractivity contribution in [1.82, 2.24) is 15.3 Å². The van der Waals surface area contributed by atoms with E-state index in [1.807, 2.05) is 23.5 Å². The number of carbonyl (C=O) groups excluding carboxylic acids is 2. The Balaban J connectivity index is 1.99. The van der Waals surface area contributed by atoms with E-state index in [-0.39, 0.29) is 19.1 Å². The maximum absolute atomic E-state index is 11.5. The molecule has 0 bridgehead atoms. The van der Waals surface area contributed by atoms with Crippen LogP contribution in [-0.2, 0) is 9.53 Å². The fraction of sp³-hybridized carbons (Fsp3) is 0.231. The zero-order chi connectivity index (χ0) is 14.4. The lowest BCUT2D eigenvalue weighted by molar-refractivity contribution is -0.122. The van der Waals surface area contributed by atoms with Crippen molar-refractivity contribution in [2.24, 2.45) is 0 Å². The average molecular weight is 275 g/mol. The number of aromatic nitrogens is 2. The first-order valence-electron chi connectivity index (χ1n) is 6.00. The standard InChI is InChI=1S/C13H13N3O4/c1-2-19-13(18)16-11(17)7-20-12-9-5-3-4-6-10(9)14-8-15-12/h3-6,8H,2,7H2,1H3,(H,16,17,18). The van der Waals surface area contributed by atoms with Gasteiger partial charge in [-0.2, -0.15) is 0 Å². The van der Waals surface area contributed by atoms with Gasteiger partial charge in [0, 0.05) is 0 Å². The third-order valence-corrected chi connectivity index (χ3v) is 2.36. The van der Waals surface area contributed by atoms with Gasteiger partial charge in [0.25, 0.3) is 5.91 Å². The van der Waals surface area contributed by atoms with E-state index in [4.69, 9.17) is 4.74 Å². The van der Waals surface area contributed by atoms with E-state index in [1.54, 1.807) is 13.0 Å². The van der Waals surface area contributed by atoms with Gasteiger partial charge >= 0.3 is 6.09 Å². The van der Waals surface area contributed by atoms with Crippen molar-refractivity contribution < 1.29 is 19.1 Å². The van der Waals surface area contributed by atoms with Gasteiger partial charge in [0.1, 0.15) is 6.33 Å². The second-order valence-electron chi connectivity index (χ2n) is 3.75. The second-order valence-corrected chi connectivity index (χ2v) is 3.75. The molecule has 0 unspecified atom stereocenters. The molecular formula is C13H13N3O4. The summed E-state index contributed by atoms with van der Waals surface area (Å²) < 4.78 is 9.87. The van der Waals surface area contributed by atoms with Gasteiger partial charge in [-0.15, -0.1) is 0 Å². The van der Waals surface area contributed by atoms with E-state index in [0.29, 0.717) is 10.9 Å². The van der Waals surface area contributed by atoms with Crippen LogP contribution in [0.25, 0.3) is 10.9 Å². The predicted molar refractivity (Wildman–Crippen MR) is 70.2 cm³/mol. The number of hydrogen-bond donors (Lipinski definition) is 1. The Morgan fingerprint density at radius 1 is 1.25 bits per heavy atom. The molecule has 2 amide bonds. The third kappa shape index (κ3) is 3.41. The van der Waals surface area contributed by atoms with Gasteiger partial charge in [-0.25, -0.2) is 14.8 Å². The Bertz CT molecular complexity index is 625. The molecule has 0 aliphatic heterocycles. The maximum Gasteiger partial charge on any atom is 0.413 e. The van der Waals surface area contributed by atoms with E-state index < -0.39 is 12.0 Å². The van der Waals surface area contributed by atoms with Crippen LogP contribution in [-0.4, -0.2) is 35.2 Å². The van der Waals surface area contributed by atoms with Crippen LogP contribution in [0.2, 0.25) is 0 Å². The van der Waals surface area contributed by atoms with Crippen LogP contribution < -0.4 is 10.1 Å². The molecule has 0 fully saturated rings. The third-order valence-electron chi connectivity index (χ3n) is 2.36. The topological polar surface area (TPSA) is 90.4 Å². The summed E-state index contributed by atoms with van der Waals surface area (Å²) in [6.45, 7) is 1.50. The summed E-state index contributed by atoms with van der Waals surface area (Å²) in [6, 6.07) is 7.25. The summed E-state index contributed by atoms with van der Waals surface area (Å²) in [7, 11) is 0. The summed E-state index contributed by atoms with van der Waals surface area (Å²) in [5, 5.41) is 2.72. The van der Waals surface area contributed by atoms with Crippen LogP contribution in [0.1, 0.15) is 6.92 Å². The number of fused-ring (bicyclic) bond motifs is 1. The van der Waals surface area contributed by atoms with Gasteiger partial charge < -0.3 is 9.47 Å². The molecule has 1 aromatic heterocycles. The van der Waals surface area contributed by atoms with E-state index in [0.717, 1.165) is 0 Å². The van der Waals surface area contributed by atoms with Crippen molar-refractivity contribution in [2.75, 3.05) is 13.2 Å². The number of imide groups is 1. The lowest BCUT2D eigenvalue weighted by atomic mass is 10.2. The van der Waals surface area contributed by atoms with Crippen LogP contribution in [0, 0.1) is 0 Å². The molecule has 7 heteroatoms. The fourth-order valence-corrected chi connectivity index (χ4v) is 1.55. The molecule has 2 rings (SSSR count). The molecule has 0 aliphatic carbocycles. The molecule has 7 nitrogen and oxygen atoms in total. The average Bonchev–Trinajstić information content (AvgIpc) is 2.45. The maximum atomic E-state index is 11.5. The van der Waals surface area contributed by atoms with Crippen molar-refractivity contribution in [2.45, 2.75) is 6.92 Å². The molecule has 2 aromatic rings. The Hall–Kier alpha value is -2.70. The lowest BCUT2D eigenvalue weighted by Crippen LogP contribution is -2.34. The number of nitrogens with one attached hydrogen (secondary N) is 1. The monoisotopic (exact) mass is 275 g/mol. The predicted octanol–water partition coefficient (Wildman–Crippen LogP) is 1.28. The van der Waals surface area contributed by atoms with E-state index >= 15 is 0 Å². The molecule has 0 atom stereocenters. The molecule has 0 saturated heterocycles. The van der Waals surface area contributed by atoms with Gasteiger partial charge in [0.2, 0.25) is 5.88 Å². The van der Waals surface area contributed by atoms with Crippen LogP contribution >= 0.6 is 0 Å². The summed E-state index contributed by atoms with van der Waals surface area (Å²) in [5.74, 6) is -0.319. The van der Waals surface area contributed by atoms with Gasteiger partial charge in [0.05, 0.1) is 17.5 Å². The SMILES string of the molecule is CCOC(=O)NC(=O)COc1ncnc2ccccc12. The Morgan fingerprint density at radius 3 is 2.85 bits per heavy atom. The van der Waals surface area contributed by atoms with Crippen LogP contribution in [0.4, 0.5) is 4.79 Å². The molecule has 1 N–H and O–H groups in total. The van der Waals surface area contributed by atoms with Gasteiger partial charge in [-0.3, -0.25) is 10.1 Å². The van der Waals surface area contributed by atoms with Crippen molar-refractivity contribution in [3.63, 3.8) is 0 Å². The number of ether oxygens (including phenoxy) is 2. The normalized spacial score (nSPS) is 10.1. The van der Waals surface area contributed by atoms with Gasteiger partial charge in [-0.05, 0) is 19.1 Å². The second kappa shape index (κ2) is 6.46. The number of carbonyl (C=O) groups is 2. The first-order chi connectivity index (χ1) is 9.70. The smallest absolute Gasteiger partial charge is 0.413 e. The zero-order valence-corrected chi connectivity index (χ0v) is 10.8. The van der Waals surface area contributed by atoms with Crippen molar-refractivity contribution in [1.29, 1.82) is 0 Å². The quantitative estimate of drug-likeness (QED) is 0.904. The molecule has 0 spiro atoms. The number of amides is 2. The molecule has 104 valence electrons. The Kier molecular flexibility index (Phi) is 4.43. The summed E-state index contributed by atoms with van der Waals surface area (Å²) in [5.41, 5.74) is 0.711. The van der Waals surface area contributed by atoms with Crippen molar-refractivity contribution >= 4 is 22.9 Å². The minimum Gasteiger partial charge on any atom is -0.467 e. The van der Waals surface area contributed by atoms with Crippen molar-refractivity contribution in [3.8, 4) is 5.88 Å². The van der Waals surface area contributed by atoms with Gasteiger partial charge in [-0.1, -0.05) is 12.1 Å². The number of hydrogen-bond acceptors (Lipinski definition) is 6. The van der Waals surface area contributed by atoms with E-state index in [1.165, 1.54) is 6.33 Å². The molecular weight excluding hydrogens is 262 g/mol. The molecule has 1 aromatic carbocycles. The van der Waals surface area contributed by atoms with E-state index in [9.17, 15) is 9.59 Å². The largest absolute Gasteiger partial charge is 0.467 e. The highest BCUT2D eigenvalue weighted by Gasteiger charge is 2.10. The van der Waals surface area contributed by atoms with Crippen molar-refractivity contribution in [3.05, 3.63) is 30.6 Å². The number of rotatable bonds is 4. The first-order valence-corrected chi connectivity index (χ1v) is 6.00. The zero-order valence-electron chi connectivity index (χ0n) is 10.8. The van der Waals surface area contributed by atoms with Crippen LogP contribution in [0.3, 0.4) is 0 Å². The highest BCUT2D eigenvalue weighted by Crippen LogP contribution is 2.20. The Morgan fingerprint density at radius 2 is 2.05 bits per heavy atom. The summed E-state index contributed by atoms with van der Waals surface area (Å²) in [4.78, 5) is 30.5. The number of alkyl carbamates (subject to hydrolysis) is 1. The van der Waals surface area contributed by atoms with E-state index in [2.05, 4.69) is 14.7 Å². The molecule has 0 saturated carbocycles. The molecule has 0 aliphatic rings. The lowest BCUT2D eigenvalue weighted by Gasteiger charge is -2.07. The number of para-hydroxylation sites is 1. The summed E-state index contributed by atoms with van der Waals surface area (Å²) in [6.07, 6.45) is 0.551.